The first kappa shape index (κ1) is 18.0. The van der Waals surface area contributed by atoms with Gasteiger partial charge in [-0.05, 0) is 35.9 Å². The van der Waals surface area contributed by atoms with E-state index in [2.05, 4.69) is 11.9 Å². The zero-order valence-corrected chi connectivity index (χ0v) is 13.9. The Kier molecular flexibility index (Phi) is 6.54. The Bertz CT molecular complexity index is 764. The summed E-state index contributed by atoms with van der Waals surface area (Å²) in [5, 5.41) is 2.60. The van der Waals surface area contributed by atoms with E-state index < -0.39 is 11.9 Å². The van der Waals surface area contributed by atoms with Gasteiger partial charge < -0.3 is 14.8 Å². The van der Waals surface area contributed by atoms with Gasteiger partial charge in [0, 0.05) is 5.56 Å². The highest BCUT2D eigenvalue weighted by atomic mass is 16.5. The van der Waals surface area contributed by atoms with Crippen LogP contribution < -0.4 is 10.1 Å². The zero-order chi connectivity index (χ0) is 18.1. The van der Waals surface area contributed by atoms with Crippen LogP contribution in [0.2, 0.25) is 0 Å². The predicted octanol–water partition coefficient (Wildman–Crippen LogP) is 3.20. The van der Waals surface area contributed by atoms with Gasteiger partial charge in [-0.2, -0.15) is 0 Å². The standard InChI is InChI=1S/C20H19NO4/c1-3-13-25-20(23)18(14-15-7-5-4-6-8-15)21-19(22)16-9-11-17(24-2)12-10-16/h3-12,14H,1,13H2,2H3,(H,21,22)/b18-14-. The largest absolute Gasteiger partial charge is 0.497 e. The van der Waals surface area contributed by atoms with Crippen molar-refractivity contribution in [3.8, 4) is 5.75 Å². The molecule has 2 rings (SSSR count). The lowest BCUT2D eigenvalue weighted by molar-refractivity contribution is -0.138. The summed E-state index contributed by atoms with van der Waals surface area (Å²) in [5.74, 6) is -0.409. The molecule has 0 saturated carbocycles. The quantitative estimate of drug-likeness (QED) is 0.479. The summed E-state index contributed by atoms with van der Waals surface area (Å²) in [5.41, 5.74) is 1.22. The fraction of sp³-hybridized carbons (Fsp3) is 0.100. The number of benzene rings is 2. The SMILES string of the molecule is C=CCOC(=O)/C(=C/c1ccccc1)NC(=O)c1ccc(OC)cc1. The van der Waals surface area contributed by atoms with Crippen LogP contribution in [-0.4, -0.2) is 25.6 Å². The number of ether oxygens (including phenoxy) is 2. The summed E-state index contributed by atoms with van der Waals surface area (Å²) in [4.78, 5) is 24.6. The zero-order valence-electron chi connectivity index (χ0n) is 13.9. The van der Waals surface area contributed by atoms with Crippen molar-refractivity contribution >= 4 is 18.0 Å². The minimum Gasteiger partial charge on any atom is -0.497 e. The average molecular weight is 337 g/mol. The van der Waals surface area contributed by atoms with E-state index in [1.807, 2.05) is 30.3 Å². The smallest absolute Gasteiger partial charge is 0.355 e. The molecule has 25 heavy (non-hydrogen) atoms. The molecule has 2 aromatic carbocycles. The number of methoxy groups -OCH3 is 1. The highest BCUT2D eigenvalue weighted by molar-refractivity contribution is 6.03. The molecule has 0 heterocycles. The molecule has 2 aromatic rings. The van der Waals surface area contributed by atoms with Gasteiger partial charge in [0.15, 0.2) is 0 Å². The summed E-state index contributed by atoms with van der Waals surface area (Å²) < 4.78 is 10.1. The van der Waals surface area contributed by atoms with Crippen LogP contribution in [0.4, 0.5) is 0 Å². The number of carbonyl (C=O) groups is 2. The molecule has 0 aromatic heterocycles. The number of hydrogen-bond acceptors (Lipinski definition) is 4. The normalized spacial score (nSPS) is 10.7. The van der Waals surface area contributed by atoms with Gasteiger partial charge in [-0.3, -0.25) is 4.79 Å². The number of hydrogen-bond donors (Lipinski definition) is 1. The van der Waals surface area contributed by atoms with Gasteiger partial charge in [0.25, 0.3) is 5.91 Å². The molecule has 5 heteroatoms. The third-order valence-electron chi connectivity index (χ3n) is 3.26. The Morgan fingerprint density at radius 3 is 2.36 bits per heavy atom. The van der Waals surface area contributed by atoms with Crippen LogP contribution >= 0.6 is 0 Å². The van der Waals surface area contributed by atoms with E-state index >= 15 is 0 Å². The maximum atomic E-state index is 12.4. The predicted molar refractivity (Wildman–Crippen MR) is 96.0 cm³/mol. The number of nitrogens with one attached hydrogen (secondary N) is 1. The van der Waals surface area contributed by atoms with Gasteiger partial charge in [-0.1, -0.05) is 43.0 Å². The molecule has 0 bridgehead atoms. The molecule has 0 saturated heterocycles. The highest BCUT2D eigenvalue weighted by Gasteiger charge is 2.15. The highest BCUT2D eigenvalue weighted by Crippen LogP contribution is 2.12. The topological polar surface area (TPSA) is 64.6 Å². The molecule has 5 nitrogen and oxygen atoms in total. The average Bonchev–Trinajstić information content (AvgIpc) is 2.66. The fourth-order valence-corrected chi connectivity index (χ4v) is 2.01. The second-order valence-corrected chi connectivity index (χ2v) is 5.04. The fourth-order valence-electron chi connectivity index (χ4n) is 2.01. The van der Waals surface area contributed by atoms with E-state index in [1.165, 1.54) is 6.08 Å². The lowest BCUT2D eigenvalue weighted by atomic mass is 10.1. The number of rotatable bonds is 7. The lowest BCUT2D eigenvalue weighted by Crippen LogP contribution is -2.28. The first-order chi connectivity index (χ1) is 12.1. The summed E-state index contributed by atoms with van der Waals surface area (Å²) in [7, 11) is 1.55. The molecule has 0 spiro atoms. The van der Waals surface area contributed by atoms with E-state index in [-0.39, 0.29) is 12.3 Å². The van der Waals surface area contributed by atoms with Crippen molar-refractivity contribution in [2.45, 2.75) is 0 Å². The van der Waals surface area contributed by atoms with Crippen LogP contribution in [0.3, 0.4) is 0 Å². The number of carbonyl (C=O) groups excluding carboxylic acids is 2. The number of esters is 1. The van der Waals surface area contributed by atoms with Crippen molar-refractivity contribution in [2.75, 3.05) is 13.7 Å². The molecule has 0 atom stereocenters. The van der Waals surface area contributed by atoms with E-state index in [0.29, 0.717) is 11.3 Å². The van der Waals surface area contributed by atoms with E-state index in [4.69, 9.17) is 9.47 Å². The van der Waals surface area contributed by atoms with Gasteiger partial charge in [-0.25, -0.2) is 4.79 Å². The Labute approximate surface area is 146 Å². The third-order valence-corrected chi connectivity index (χ3v) is 3.26. The van der Waals surface area contributed by atoms with Gasteiger partial charge in [-0.15, -0.1) is 0 Å². The lowest BCUT2D eigenvalue weighted by Gasteiger charge is -2.10. The molecule has 0 radical (unpaired) electrons. The van der Waals surface area contributed by atoms with Crippen molar-refractivity contribution in [2.24, 2.45) is 0 Å². The second kappa shape index (κ2) is 9.08. The van der Waals surface area contributed by atoms with Crippen molar-refractivity contribution in [3.63, 3.8) is 0 Å². The van der Waals surface area contributed by atoms with E-state index in [0.717, 1.165) is 5.56 Å². The molecule has 1 N–H and O–H groups in total. The maximum absolute atomic E-state index is 12.4. The Hall–Kier alpha value is -3.34. The minimum atomic E-state index is -0.634. The van der Waals surface area contributed by atoms with E-state index in [1.54, 1.807) is 37.5 Å². The third kappa shape index (κ3) is 5.35. The van der Waals surface area contributed by atoms with Crippen molar-refractivity contribution in [1.82, 2.24) is 5.32 Å². The summed E-state index contributed by atoms with van der Waals surface area (Å²) in [6.07, 6.45) is 3.02. The van der Waals surface area contributed by atoms with Crippen LogP contribution in [0.1, 0.15) is 15.9 Å². The first-order valence-corrected chi connectivity index (χ1v) is 7.64. The molecule has 1 amide bonds. The molecule has 0 unspecified atom stereocenters. The van der Waals surface area contributed by atoms with Crippen molar-refractivity contribution in [3.05, 3.63) is 84.1 Å². The van der Waals surface area contributed by atoms with Crippen LogP contribution in [0.15, 0.2) is 72.9 Å². The summed E-state index contributed by atoms with van der Waals surface area (Å²) in [6, 6.07) is 15.8. The van der Waals surface area contributed by atoms with E-state index in [9.17, 15) is 9.59 Å². The van der Waals surface area contributed by atoms with Crippen LogP contribution in [0.5, 0.6) is 5.75 Å². The van der Waals surface area contributed by atoms with Crippen molar-refractivity contribution in [1.29, 1.82) is 0 Å². The summed E-state index contributed by atoms with van der Waals surface area (Å²) >= 11 is 0. The van der Waals surface area contributed by atoms with Crippen LogP contribution in [0, 0.1) is 0 Å². The Balaban J connectivity index is 2.22. The van der Waals surface area contributed by atoms with Crippen LogP contribution in [0.25, 0.3) is 6.08 Å². The summed E-state index contributed by atoms with van der Waals surface area (Å²) in [6.45, 7) is 3.56. The first-order valence-electron chi connectivity index (χ1n) is 7.64. The Morgan fingerprint density at radius 2 is 1.76 bits per heavy atom. The van der Waals surface area contributed by atoms with Gasteiger partial charge in [0.1, 0.15) is 18.1 Å². The second-order valence-electron chi connectivity index (χ2n) is 5.04. The van der Waals surface area contributed by atoms with Gasteiger partial charge in [0.05, 0.1) is 7.11 Å². The minimum absolute atomic E-state index is 0.0499. The molecule has 0 fully saturated rings. The molecule has 128 valence electrons. The van der Waals surface area contributed by atoms with Crippen LogP contribution in [-0.2, 0) is 9.53 Å². The maximum Gasteiger partial charge on any atom is 0.355 e. The number of amides is 1. The van der Waals surface area contributed by atoms with Crippen molar-refractivity contribution < 1.29 is 19.1 Å². The molecule has 0 aliphatic rings. The Morgan fingerprint density at radius 1 is 1.08 bits per heavy atom. The molecule has 0 aliphatic heterocycles. The van der Waals surface area contributed by atoms with Gasteiger partial charge >= 0.3 is 5.97 Å². The molecule has 0 aliphatic carbocycles. The van der Waals surface area contributed by atoms with Gasteiger partial charge in [0.2, 0.25) is 0 Å². The molecular formula is C20H19NO4. The monoisotopic (exact) mass is 337 g/mol. The molecular weight excluding hydrogens is 318 g/mol.